The summed E-state index contributed by atoms with van der Waals surface area (Å²) in [5, 5.41) is 6.92. The van der Waals surface area contributed by atoms with Crippen molar-refractivity contribution in [3.8, 4) is 0 Å². The van der Waals surface area contributed by atoms with E-state index in [-0.39, 0.29) is 5.91 Å². The SMILES string of the molecule is CO[C@@H](C(=O)Nc1cnn(C)c1C)c1ccccc1. The zero-order valence-corrected chi connectivity index (χ0v) is 11.3. The molecule has 0 radical (unpaired) electrons. The Hall–Kier alpha value is -2.14. The molecule has 2 aromatic rings. The molecule has 100 valence electrons. The Bertz CT molecular complexity index is 563. The number of carbonyl (C=O) groups excluding carboxylic acids is 1. The van der Waals surface area contributed by atoms with Crippen LogP contribution in [0.25, 0.3) is 0 Å². The summed E-state index contributed by atoms with van der Waals surface area (Å²) in [6.07, 6.45) is 1.01. The van der Waals surface area contributed by atoms with Crippen molar-refractivity contribution < 1.29 is 9.53 Å². The second kappa shape index (κ2) is 5.67. The monoisotopic (exact) mass is 259 g/mol. The van der Waals surface area contributed by atoms with E-state index in [1.54, 1.807) is 10.9 Å². The minimum Gasteiger partial charge on any atom is -0.367 e. The van der Waals surface area contributed by atoms with Gasteiger partial charge >= 0.3 is 0 Å². The highest BCUT2D eigenvalue weighted by atomic mass is 16.5. The highest BCUT2D eigenvalue weighted by Gasteiger charge is 2.21. The van der Waals surface area contributed by atoms with Crippen molar-refractivity contribution in [1.29, 1.82) is 0 Å². The van der Waals surface area contributed by atoms with Crippen LogP contribution in [0.4, 0.5) is 5.69 Å². The number of amides is 1. The second-order valence-corrected chi connectivity index (χ2v) is 4.28. The molecule has 0 aliphatic heterocycles. The molecule has 0 spiro atoms. The molecule has 1 N–H and O–H groups in total. The van der Waals surface area contributed by atoms with Crippen LogP contribution < -0.4 is 5.32 Å². The van der Waals surface area contributed by atoms with Gasteiger partial charge < -0.3 is 10.1 Å². The third-order valence-electron chi connectivity index (χ3n) is 3.07. The Morgan fingerprint density at radius 3 is 2.58 bits per heavy atom. The third-order valence-corrected chi connectivity index (χ3v) is 3.07. The predicted octanol–water partition coefficient (Wildman–Crippen LogP) is 2.05. The highest BCUT2D eigenvalue weighted by Crippen LogP contribution is 2.20. The molecular formula is C14H17N3O2. The summed E-state index contributed by atoms with van der Waals surface area (Å²) in [5.41, 5.74) is 2.42. The Kier molecular flexibility index (Phi) is 3.97. The van der Waals surface area contributed by atoms with Crippen molar-refractivity contribution in [3.05, 3.63) is 47.8 Å². The van der Waals surface area contributed by atoms with Crippen molar-refractivity contribution in [2.24, 2.45) is 7.05 Å². The van der Waals surface area contributed by atoms with Crippen LogP contribution in [-0.4, -0.2) is 22.8 Å². The Morgan fingerprint density at radius 2 is 2.05 bits per heavy atom. The molecule has 0 aliphatic rings. The lowest BCUT2D eigenvalue weighted by Gasteiger charge is -2.15. The molecule has 1 aromatic carbocycles. The van der Waals surface area contributed by atoms with Crippen LogP contribution in [0.3, 0.4) is 0 Å². The average Bonchev–Trinajstić information content (AvgIpc) is 2.73. The van der Waals surface area contributed by atoms with Crippen LogP contribution in [0.15, 0.2) is 36.5 Å². The van der Waals surface area contributed by atoms with Gasteiger partial charge in [0, 0.05) is 14.2 Å². The number of methoxy groups -OCH3 is 1. The molecule has 1 amide bonds. The first-order valence-electron chi connectivity index (χ1n) is 6.00. The van der Waals surface area contributed by atoms with E-state index in [1.165, 1.54) is 7.11 Å². The molecule has 19 heavy (non-hydrogen) atoms. The van der Waals surface area contributed by atoms with Gasteiger partial charge in [-0.05, 0) is 12.5 Å². The van der Waals surface area contributed by atoms with E-state index in [2.05, 4.69) is 10.4 Å². The van der Waals surface area contributed by atoms with Gasteiger partial charge in [-0.25, -0.2) is 0 Å². The summed E-state index contributed by atoms with van der Waals surface area (Å²) in [7, 11) is 3.35. The first kappa shape index (κ1) is 13.3. The van der Waals surface area contributed by atoms with Crippen LogP contribution >= 0.6 is 0 Å². The van der Waals surface area contributed by atoms with Crippen molar-refractivity contribution in [3.63, 3.8) is 0 Å². The minimum atomic E-state index is -0.624. The van der Waals surface area contributed by atoms with Gasteiger partial charge in [0.2, 0.25) is 0 Å². The van der Waals surface area contributed by atoms with E-state index in [1.807, 2.05) is 44.3 Å². The van der Waals surface area contributed by atoms with Crippen LogP contribution in [0.2, 0.25) is 0 Å². The zero-order chi connectivity index (χ0) is 13.8. The number of anilines is 1. The lowest BCUT2D eigenvalue weighted by Crippen LogP contribution is -2.22. The van der Waals surface area contributed by atoms with Crippen LogP contribution in [0.1, 0.15) is 17.4 Å². The molecule has 1 atom stereocenters. The predicted molar refractivity (Wildman–Crippen MR) is 72.8 cm³/mol. The molecule has 1 aromatic heterocycles. The fourth-order valence-corrected chi connectivity index (χ4v) is 1.84. The van der Waals surface area contributed by atoms with Crippen LogP contribution in [-0.2, 0) is 16.6 Å². The van der Waals surface area contributed by atoms with Crippen molar-refractivity contribution in [2.45, 2.75) is 13.0 Å². The standard InChI is InChI=1S/C14H17N3O2/c1-10-12(9-15-17(10)2)16-14(18)13(19-3)11-7-5-4-6-8-11/h4-9,13H,1-3H3,(H,16,18)/t13-/m1/s1. The summed E-state index contributed by atoms with van der Waals surface area (Å²) in [4.78, 5) is 12.2. The first-order chi connectivity index (χ1) is 9.13. The van der Waals surface area contributed by atoms with Crippen molar-refractivity contribution in [2.75, 3.05) is 12.4 Å². The van der Waals surface area contributed by atoms with E-state index in [0.717, 1.165) is 11.3 Å². The molecule has 0 saturated carbocycles. The van der Waals surface area contributed by atoms with Gasteiger partial charge in [0.05, 0.1) is 17.6 Å². The maximum absolute atomic E-state index is 12.2. The highest BCUT2D eigenvalue weighted by molar-refractivity contribution is 5.95. The van der Waals surface area contributed by atoms with Crippen LogP contribution in [0.5, 0.6) is 0 Å². The number of aryl methyl sites for hydroxylation is 1. The van der Waals surface area contributed by atoms with Crippen molar-refractivity contribution >= 4 is 11.6 Å². The van der Waals surface area contributed by atoms with E-state index in [0.29, 0.717) is 5.69 Å². The Morgan fingerprint density at radius 1 is 1.37 bits per heavy atom. The number of aromatic nitrogens is 2. The number of benzene rings is 1. The maximum atomic E-state index is 12.2. The summed E-state index contributed by atoms with van der Waals surface area (Å²) in [6.45, 7) is 1.90. The molecule has 1 heterocycles. The summed E-state index contributed by atoms with van der Waals surface area (Å²) < 4.78 is 6.99. The summed E-state index contributed by atoms with van der Waals surface area (Å²) in [5.74, 6) is -0.204. The van der Waals surface area contributed by atoms with E-state index >= 15 is 0 Å². The summed E-state index contributed by atoms with van der Waals surface area (Å²) >= 11 is 0. The Labute approximate surface area is 112 Å². The molecular weight excluding hydrogens is 242 g/mol. The molecule has 5 heteroatoms. The average molecular weight is 259 g/mol. The number of rotatable bonds is 4. The molecule has 0 bridgehead atoms. The summed E-state index contributed by atoms with van der Waals surface area (Å²) in [6, 6.07) is 9.39. The normalized spacial score (nSPS) is 12.2. The number of ether oxygens (including phenoxy) is 1. The third kappa shape index (κ3) is 2.82. The number of nitrogens with zero attached hydrogens (tertiary/aromatic N) is 2. The maximum Gasteiger partial charge on any atom is 0.258 e. The number of nitrogens with one attached hydrogen (secondary N) is 1. The Balaban J connectivity index is 2.16. The second-order valence-electron chi connectivity index (χ2n) is 4.28. The zero-order valence-electron chi connectivity index (χ0n) is 11.3. The topological polar surface area (TPSA) is 56.1 Å². The fraction of sp³-hybridized carbons (Fsp3) is 0.286. The lowest BCUT2D eigenvalue weighted by atomic mass is 10.1. The largest absolute Gasteiger partial charge is 0.367 e. The van der Waals surface area contributed by atoms with Gasteiger partial charge in [-0.3, -0.25) is 9.48 Å². The molecule has 0 unspecified atom stereocenters. The fourth-order valence-electron chi connectivity index (χ4n) is 1.84. The quantitative estimate of drug-likeness (QED) is 0.914. The molecule has 0 saturated heterocycles. The van der Waals surface area contributed by atoms with Gasteiger partial charge in [0.1, 0.15) is 0 Å². The van der Waals surface area contributed by atoms with E-state index in [4.69, 9.17) is 4.74 Å². The van der Waals surface area contributed by atoms with Crippen LogP contribution in [0, 0.1) is 6.92 Å². The van der Waals surface area contributed by atoms with E-state index in [9.17, 15) is 4.79 Å². The first-order valence-corrected chi connectivity index (χ1v) is 6.00. The molecule has 0 aliphatic carbocycles. The number of hydrogen-bond donors (Lipinski definition) is 1. The number of carbonyl (C=O) groups is 1. The molecule has 5 nitrogen and oxygen atoms in total. The number of hydrogen-bond acceptors (Lipinski definition) is 3. The van der Waals surface area contributed by atoms with Gasteiger partial charge in [-0.1, -0.05) is 30.3 Å². The van der Waals surface area contributed by atoms with Gasteiger partial charge in [-0.2, -0.15) is 5.10 Å². The van der Waals surface area contributed by atoms with Gasteiger partial charge in [0.15, 0.2) is 6.10 Å². The lowest BCUT2D eigenvalue weighted by molar-refractivity contribution is -0.126. The van der Waals surface area contributed by atoms with E-state index < -0.39 is 6.10 Å². The van der Waals surface area contributed by atoms with Crippen molar-refractivity contribution in [1.82, 2.24) is 9.78 Å². The molecule has 2 rings (SSSR count). The smallest absolute Gasteiger partial charge is 0.258 e. The van der Waals surface area contributed by atoms with Gasteiger partial charge in [0.25, 0.3) is 5.91 Å². The minimum absolute atomic E-state index is 0.204. The molecule has 0 fully saturated rings. The van der Waals surface area contributed by atoms with Gasteiger partial charge in [-0.15, -0.1) is 0 Å².